The van der Waals surface area contributed by atoms with E-state index in [1.54, 1.807) is 0 Å². The van der Waals surface area contributed by atoms with E-state index in [0.29, 0.717) is 0 Å². The first-order valence-electron chi connectivity index (χ1n) is 6.94. The molecule has 0 saturated heterocycles. The van der Waals surface area contributed by atoms with Crippen LogP contribution in [-0.2, 0) is 0 Å². The molecule has 0 aliphatic heterocycles. The number of hydrogen-bond donors (Lipinski definition) is 1. The lowest BCUT2D eigenvalue weighted by Gasteiger charge is -2.24. The Kier molecular flexibility index (Phi) is 4.58. The van der Waals surface area contributed by atoms with Gasteiger partial charge in [-0.25, -0.2) is 0 Å². The van der Waals surface area contributed by atoms with E-state index in [1.165, 1.54) is 16.9 Å². The number of para-hydroxylation sites is 1. The van der Waals surface area contributed by atoms with Crippen molar-refractivity contribution >= 4 is 11.4 Å². The molecule has 0 unspecified atom stereocenters. The van der Waals surface area contributed by atoms with Crippen molar-refractivity contribution in [2.75, 3.05) is 11.4 Å². The summed E-state index contributed by atoms with van der Waals surface area (Å²) < 4.78 is 0. The minimum atomic E-state index is 0.140. The third kappa shape index (κ3) is 3.15. The van der Waals surface area contributed by atoms with Crippen molar-refractivity contribution in [1.82, 2.24) is 0 Å². The smallest absolute Gasteiger partial charge is 0.0410 e. The third-order valence-corrected chi connectivity index (χ3v) is 3.46. The molecule has 2 N–H and O–H groups in total. The van der Waals surface area contributed by atoms with Crippen molar-refractivity contribution in [3.05, 3.63) is 60.2 Å². The van der Waals surface area contributed by atoms with E-state index in [-0.39, 0.29) is 6.04 Å². The van der Waals surface area contributed by atoms with Crippen LogP contribution in [0.1, 0.15) is 31.9 Å². The molecule has 0 amide bonds. The maximum Gasteiger partial charge on any atom is 0.0410 e. The van der Waals surface area contributed by atoms with Gasteiger partial charge in [-0.1, -0.05) is 37.3 Å². The number of benzene rings is 2. The lowest BCUT2D eigenvalue weighted by Crippen LogP contribution is -2.16. The highest BCUT2D eigenvalue weighted by Gasteiger charge is 2.08. The van der Waals surface area contributed by atoms with E-state index in [0.717, 1.165) is 13.0 Å². The average molecular weight is 254 g/mol. The van der Waals surface area contributed by atoms with Gasteiger partial charge in [0.05, 0.1) is 0 Å². The normalized spacial score (nSPS) is 12.2. The molecule has 2 nitrogen and oxygen atoms in total. The van der Waals surface area contributed by atoms with Gasteiger partial charge in [-0.3, -0.25) is 0 Å². The van der Waals surface area contributed by atoms with Crippen LogP contribution in [0.4, 0.5) is 11.4 Å². The zero-order chi connectivity index (χ0) is 13.7. The lowest BCUT2D eigenvalue weighted by molar-refractivity contribution is 0.698. The first-order valence-corrected chi connectivity index (χ1v) is 6.94. The van der Waals surface area contributed by atoms with Crippen molar-refractivity contribution in [2.24, 2.45) is 5.73 Å². The number of anilines is 2. The summed E-state index contributed by atoms with van der Waals surface area (Å²) in [5.41, 5.74) is 9.68. The second kappa shape index (κ2) is 6.39. The topological polar surface area (TPSA) is 29.3 Å². The van der Waals surface area contributed by atoms with Crippen LogP contribution in [0.3, 0.4) is 0 Å². The summed E-state index contributed by atoms with van der Waals surface area (Å²) in [5, 5.41) is 0. The number of nitrogens with zero attached hydrogens (tertiary/aromatic N) is 1. The Morgan fingerprint density at radius 3 is 2.00 bits per heavy atom. The van der Waals surface area contributed by atoms with E-state index in [1.807, 2.05) is 6.07 Å². The van der Waals surface area contributed by atoms with Crippen LogP contribution >= 0.6 is 0 Å². The lowest BCUT2D eigenvalue weighted by atomic mass is 10.0. The van der Waals surface area contributed by atoms with Gasteiger partial charge < -0.3 is 10.6 Å². The van der Waals surface area contributed by atoms with Crippen molar-refractivity contribution < 1.29 is 0 Å². The van der Waals surface area contributed by atoms with Gasteiger partial charge >= 0.3 is 0 Å². The van der Waals surface area contributed by atoms with Crippen LogP contribution in [0.15, 0.2) is 54.6 Å². The van der Waals surface area contributed by atoms with Gasteiger partial charge in [0.2, 0.25) is 0 Å². The molecule has 0 spiro atoms. The largest absolute Gasteiger partial charge is 0.342 e. The van der Waals surface area contributed by atoms with E-state index in [9.17, 15) is 0 Å². The van der Waals surface area contributed by atoms with Crippen LogP contribution < -0.4 is 10.6 Å². The minimum absolute atomic E-state index is 0.140. The molecular formula is C17H22N2. The molecule has 19 heavy (non-hydrogen) atoms. The number of rotatable bonds is 5. The summed E-state index contributed by atoms with van der Waals surface area (Å²) in [5.74, 6) is 0. The Hall–Kier alpha value is -1.80. The van der Waals surface area contributed by atoms with E-state index in [4.69, 9.17) is 5.73 Å². The molecule has 0 aliphatic rings. The Labute approximate surface area is 115 Å². The molecule has 2 heteroatoms. The SMILES string of the molecule is CC[C@H](N)c1ccc(N(CC)c2ccccc2)cc1. The molecule has 1 atom stereocenters. The fraction of sp³-hybridized carbons (Fsp3) is 0.294. The highest BCUT2D eigenvalue weighted by atomic mass is 15.1. The first kappa shape index (κ1) is 13.6. The zero-order valence-corrected chi connectivity index (χ0v) is 11.7. The Morgan fingerprint density at radius 2 is 1.47 bits per heavy atom. The van der Waals surface area contributed by atoms with Gasteiger partial charge in [-0.15, -0.1) is 0 Å². The molecule has 2 aromatic rings. The molecule has 2 rings (SSSR count). The summed E-state index contributed by atoms with van der Waals surface area (Å²) in [4.78, 5) is 2.29. The predicted molar refractivity (Wildman–Crippen MR) is 82.8 cm³/mol. The van der Waals surface area contributed by atoms with E-state index < -0.39 is 0 Å². The molecule has 0 radical (unpaired) electrons. The molecule has 0 fully saturated rings. The van der Waals surface area contributed by atoms with Crippen molar-refractivity contribution in [3.63, 3.8) is 0 Å². The van der Waals surface area contributed by atoms with E-state index >= 15 is 0 Å². The summed E-state index contributed by atoms with van der Waals surface area (Å²) in [7, 11) is 0. The highest BCUT2D eigenvalue weighted by molar-refractivity contribution is 5.63. The maximum absolute atomic E-state index is 6.05. The first-order chi connectivity index (χ1) is 9.26. The second-order valence-electron chi connectivity index (χ2n) is 4.69. The molecule has 100 valence electrons. The van der Waals surface area contributed by atoms with Gasteiger partial charge in [-0.05, 0) is 43.2 Å². The standard InChI is InChI=1S/C17H22N2/c1-3-17(18)14-10-12-16(13-11-14)19(4-2)15-8-6-5-7-9-15/h5-13,17H,3-4,18H2,1-2H3/t17-/m0/s1. The highest BCUT2D eigenvalue weighted by Crippen LogP contribution is 2.26. The van der Waals surface area contributed by atoms with Crippen molar-refractivity contribution in [3.8, 4) is 0 Å². The molecule has 0 bridgehead atoms. The van der Waals surface area contributed by atoms with Crippen molar-refractivity contribution in [1.29, 1.82) is 0 Å². The van der Waals surface area contributed by atoms with Crippen LogP contribution in [-0.4, -0.2) is 6.54 Å². The number of nitrogens with two attached hydrogens (primary N) is 1. The summed E-state index contributed by atoms with van der Waals surface area (Å²) in [6.45, 7) is 5.22. The van der Waals surface area contributed by atoms with Crippen molar-refractivity contribution in [2.45, 2.75) is 26.3 Å². The fourth-order valence-electron chi connectivity index (χ4n) is 2.26. The summed E-state index contributed by atoms with van der Waals surface area (Å²) in [6, 6.07) is 19.2. The average Bonchev–Trinajstić information content (AvgIpc) is 2.49. The molecule has 0 heterocycles. The maximum atomic E-state index is 6.05. The molecular weight excluding hydrogens is 232 g/mol. The Morgan fingerprint density at radius 1 is 0.895 bits per heavy atom. The molecule has 2 aromatic carbocycles. The number of hydrogen-bond acceptors (Lipinski definition) is 2. The molecule has 0 saturated carbocycles. The van der Waals surface area contributed by atoms with Gasteiger partial charge in [0, 0.05) is 24.0 Å². The Balaban J connectivity index is 2.25. The summed E-state index contributed by atoms with van der Waals surface area (Å²) in [6.07, 6.45) is 0.968. The van der Waals surface area contributed by atoms with Gasteiger partial charge in [0.1, 0.15) is 0 Å². The van der Waals surface area contributed by atoms with Crippen LogP contribution in [0.25, 0.3) is 0 Å². The second-order valence-corrected chi connectivity index (χ2v) is 4.69. The molecule has 0 aliphatic carbocycles. The van der Waals surface area contributed by atoms with Crippen LogP contribution in [0.2, 0.25) is 0 Å². The summed E-state index contributed by atoms with van der Waals surface area (Å²) >= 11 is 0. The van der Waals surface area contributed by atoms with Gasteiger partial charge in [0.15, 0.2) is 0 Å². The third-order valence-electron chi connectivity index (χ3n) is 3.46. The van der Waals surface area contributed by atoms with Crippen LogP contribution in [0, 0.1) is 0 Å². The fourth-order valence-corrected chi connectivity index (χ4v) is 2.26. The molecule has 0 aromatic heterocycles. The van der Waals surface area contributed by atoms with Gasteiger partial charge in [0.25, 0.3) is 0 Å². The Bertz CT molecular complexity index is 490. The zero-order valence-electron chi connectivity index (χ0n) is 11.7. The van der Waals surface area contributed by atoms with Crippen LogP contribution in [0.5, 0.6) is 0 Å². The predicted octanol–water partition coefficient (Wildman–Crippen LogP) is 4.25. The minimum Gasteiger partial charge on any atom is -0.342 e. The van der Waals surface area contributed by atoms with E-state index in [2.05, 4.69) is 67.3 Å². The van der Waals surface area contributed by atoms with Gasteiger partial charge in [-0.2, -0.15) is 0 Å². The monoisotopic (exact) mass is 254 g/mol. The quantitative estimate of drug-likeness (QED) is 0.864.